The van der Waals surface area contributed by atoms with Gasteiger partial charge in [0.25, 0.3) is 5.91 Å². The van der Waals surface area contributed by atoms with Gasteiger partial charge in [-0.25, -0.2) is 0 Å². The molecule has 178 valence electrons. The molecule has 0 atom stereocenters. The van der Waals surface area contributed by atoms with Crippen LogP contribution in [0, 0.1) is 0 Å². The average molecular weight is 495 g/mol. The summed E-state index contributed by atoms with van der Waals surface area (Å²) >= 11 is 12.5. The van der Waals surface area contributed by atoms with Gasteiger partial charge in [-0.05, 0) is 55.2 Å². The van der Waals surface area contributed by atoms with Gasteiger partial charge in [-0.1, -0.05) is 35.3 Å². The number of hydrogen-bond donors (Lipinski definition) is 2. The molecule has 2 aromatic carbocycles. The van der Waals surface area contributed by atoms with Crippen molar-refractivity contribution in [2.45, 2.75) is 31.7 Å². The maximum atomic E-state index is 13.4. The summed E-state index contributed by atoms with van der Waals surface area (Å²) < 4.78 is 16.5. The van der Waals surface area contributed by atoms with E-state index in [0.29, 0.717) is 60.7 Å². The Labute approximate surface area is 203 Å². The molecule has 0 unspecified atom stereocenters. The van der Waals surface area contributed by atoms with Gasteiger partial charge in [0.15, 0.2) is 18.1 Å². The van der Waals surface area contributed by atoms with Crippen LogP contribution in [-0.2, 0) is 26.3 Å². The summed E-state index contributed by atoms with van der Waals surface area (Å²) in [5, 5.41) is 6.70. The van der Waals surface area contributed by atoms with Crippen LogP contribution < -0.4 is 20.1 Å². The third-order valence-corrected chi connectivity index (χ3v) is 6.19. The number of halogens is 2. The molecular formula is C24H28Cl2N2O5. The average Bonchev–Trinajstić information content (AvgIpc) is 2.82. The second-order valence-corrected chi connectivity index (χ2v) is 8.57. The SMILES string of the molecule is CCNC(=O)COc1ccc(CNC(=O)C2(c3ccc(Cl)cc3Cl)CCOCC2)cc1OC. The lowest BCUT2D eigenvalue weighted by atomic mass is 9.73. The topological polar surface area (TPSA) is 85.9 Å². The number of amides is 2. The Balaban J connectivity index is 1.73. The molecule has 0 saturated carbocycles. The zero-order valence-electron chi connectivity index (χ0n) is 18.7. The zero-order valence-corrected chi connectivity index (χ0v) is 20.2. The minimum absolute atomic E-state index is 0.104. The molecule has 3 rings (SSSR count). The lowest BCUT2D eigenvalue weighted by molar-refractivity contribution is -0.130. The predicted octanol–water partition coefficient (Wildman–Crippen LogP) is 3.88. The number of likely N-dealkylation sites (N-methyl/N-ethyl adjacent to an activating group) is 1. The van der Waals surface area contributed by atoms with Crippen LogP contribution in [-0.4, -0.2) is 45.3 Å². The first-order chi connectivity index (χ1) is 15.9. The van der Waals surface area contributed by atoms with E-state index in [2.05, 4.69) is 10.6 Å². The van der Waals surface area contributed by atoms with Crippen LogP contribution in [0.25, 0.3) is 0 Å². The van der Waals surface area contributed by atoms with Gasteiger partial charge in [0.1, 0.15) is 0 Å². The van der Waals surface area contributed by atoms with Crippen LogP contribution in [0.1, 0.15) is 30.9 Å². The number of carbonyl (C=O) groups excluding carboxylic acids is 2. The maximum Gasteiger partial charge on any atom is 0.257 e. The highest BCUT2D eigenvalue weighted by molar-refractivity contribution is 6.35. The fourth-order valence-corrected chi connectivity index (χ4v) is 4.49. The molecule has 0 aliphatic carbocycles. The summed E-state index contributed by atoms with van der Waals surface area (Å²) in [6.07, 6.45) is 1.05. The number of ether oxygens (including phenoxy) is 3. The molecule has 1 aliphatic heterocycles. The molecular weight excluding hydrogens is 467 g/mol. The summed E-state index contributed by atoms with van der Waals surface area (Å²) in [5.74, 6) is 0.601. The Bertz CT molecular complexity index is 993. The molecule has 9 heteroatoms. The van der Waals surface area contributed by atoms with Crippen molar-refractivity contribution in [3.8, 4) is 11.5 Å². The molecule has 2 N–H and O–H groups in total. The van der Waals surface area contributed by atoms with Gasteiger partial charge in [-0.2, -0.15) is 0 Å². The van der Waals surface area contributed by atoms with Crippen molar-refractivity contribution in [3.63, 3.8) is 0 Å². The second kappa shape index (κ2) is 11.6. The fraction of sp³-hybridized carbons (Fsp3) is 0.417. The van der Waals surface area contributed by atoms with Crippen molar-refractivity contribution in [2.24, 2.45) is 0 Å². The van der Waals surface area contributed by atoms with Gasteiger partial charge in [0.05, 0.1) is 12.5 Å². The highest BCUT2D eigenvalue weighted by atomic mass is 35.5. The molecule has 1 heterocycles. The minimum Gasteiger partial charge on any atom is -0.493 e. The van der Waals surface area contributed by atoms with E-state index >= 15 is 0 Å². The van der Waals surface area contributed by atoms with Crippen LogP contribution in [0.4, 0.5) is 0 Å². The van der Waals surface area contributed by atoms with Crippen molar-refractivity contribution in [3.05, 3.63) is 57.6 Å². The van der Waals surface area contributed by atoms with E-state index in [-0.39, 0.29) is 18.4 Å². The monoisotopic (exact) mass is 494 g/mol. The highest BCUT2D eigenvalue weighted by Gasteiger charge is 2.43. The van der Waals surface area contributed by atoms with Crippen LogP contribution in [0.15, 0.2) is 36.4 Å². The number of carbonyl (C=O) groups is 2. The molecule has 7 nitrogen and oxygen atoms in total. The second-order valence-electron chi connectivity index (χ2n) is 7.73. The van der Waals surface area contributed by atoms with E-state index in [9.17, 15) is 9.59 Å². The van der Waals surface area contributed by atoms with Gasteiger partial charge in [0, 0.05) is 36.3 Å². The van der Waals surface area contributed by atoms with Crippen molar-refractivity contribution in [1.29, 1.82) is 0 Å². The molecule has 2 amide bonds. The summed E-state index contributed by atoms with van der Waals surface area (Å²) in [6, 6.07) is 10.5. The number of nitrogens with one attached hydrogen (secondary N) is 2. The molecule has 0 bridgehead atoms. The first-order valence-electron chi connectivity index (χ1n) is 10.8. The highest BCUT2D eigenvalue weighted by Crippen LogP contribution is 2.40. The Morgan fingerprint density at radius 3 is 2.48 bits per heavy atom. The maximum absolute atomic E-state index is 13.4. The normalized spacial score (nSPS) is 14.9. The minimum atomic E-state index is -0.792. The quantitative estimate of drug-likeness (QED) is 0.552. The van der Waals surface area contributed by atoms with E-state index in [1.54, 1.807) is 24.3 Å². The zero-order chi connectivity index (χ0) is 23.8. The van der Waals surface area contributed by atoms with E-state index in [4.69, 9.17) is 37.4 Å². The van der Waals surface area contributed by atoms with Crippen LogP contribution in [0.2, 0.25) is 10.0 Å². The van der Waals surface area contributed by atoms with Gasteiger partial charge in [0.2, 0.25) is 5.91 Å². The van der Waals surface area contributed by atoms with E-state index in [0.717, 1.165) is 11.1 Å². The standard InChI is InChI=1S/C24H28Cl2N2O5/c1-3-27-22(29)15-33-20-7-4-16(12-21(20)31-2)14-28-23(30)24(8-10-32-11-9-24)18-6-5-17(25)13-19(18)26/h4-7,12-13H,3,8-11,14-15H2,1-2H3,(H,27,29)(H,28,30). The number of methoxy groups -OCH3 is 1. The van der Waals surface area contributed by atoms with Gasteiger partial charge in [-0.3, -0.25) is 9.59 Å². The van der Waals surface area contributed by atoms with E-state index in [1.807, 2.05) is 19.1 Å². The third kappa shape index (κ3) is 6.10. The van der Waals surface area contributed by atoms with Crippen LogP contribution >= 0.6 is 23.2 Å². The van der Waals surface area contributed by atoms with Gasteiger partial charge < -0.3 is 24.8 Å². The summed E-state index contributed by atoms with van der Waals surface area (Å²) in [4.78, 5) is 25.1. The molecule has 2 aromatic rings. The first kappa shape index (κ1) is 25.1. The fourth-order valence-electron chi connectivity index (χ4n) is 3.90. The van der Waals surface area contributed by atoms with Gasteiger partial charge in [-0.15, -0.1) is 0 Å². The molecule has 0 spiro atoms. The number of hydrogen-bond acceptors (Lipinski definition) is 5. The molecule has 33 heavy (non-hydrogen) atoms. The van der Waals surface area contributed by atoms with Crippen LogP contribution in [0.5, 0.6) is 11.5 Å². The lowest BCUT2D eigenvalue weighted by Gasteiger charge is -2.37. The van der Waals surface area contributed by atoms with Gasteiger partial charge >= 0.3 is 0 Å². The van der Waals surface area contributed by atoms with Crippen molar-refractivity contribution in [1.82, 2.24) is 10.6 Å². The molecule has 0 radical (unpaired) electrons. The lowest BCUT2D eigenvalue weighted by Crippen LogP contribution is -2.48. The Hall–Kier alpha value is -2.48. The third-order valence-electron chi connectivity index (χ3n) is 5.64. The van der Waals surface area contributed by atoms with Crippen LogP contribution in [0.3, 0.4) is 0 Å². The van der Waals surface area contributed by atoms with E-state index < -0.39 is 5.41 Å². The van der Waals surface area contributed by atoms with Crippen molar-refractivity contribution < 1.29 is 23.8 Å². The molecule has 0 aromatic heterocycles. The predicted molar refractivity (Wildman–Crippen MR) is 127 cm³/mol. The number of benzene rings is 2. The smallest absolute Gasteiger partial charge is 0.257 e. The van der Waals surface area contributed by atoms with Crippen molar-refractivity contribution >= 4 is 35.0 Å². The summed E-state index contributed by atoms with van der Waals surface area (Å²) in [6.45, 7) is 3.50. The van der Waals surface area contributed by atoms with E-state index in [1.165, 1.54) is 7.11 Å². The molecule has 1 fully saturated rings. The molecule has 1 saturated heterocycles. The molecule has 1 aliphatic rings. The summed E-state index contributed by atoms with van der Waals surface area (Å²) in [7, 11) is 1.52. The first-order valence-corrected chi connectivity index (χ1v) is 11.5. The Kier molecular flexibility index (Phi) is 8.83. The number of rotatable bonds is 9. The Morgan fingerprint density at radius 2 is 1.82 bits per heavy atom. The summed E-state index contributed by atoms with van der Waals surface area (Å²) in [5.41, 5.74) is 0.788. The largest absolute Gasteiger partial charge is 0.493 e. The van der Waals surface area contributed by atoms with Crippen molar-refractivity contribution in [2.75, 3.05) is 33.5 Å². The Morgan fingerprint density at radius 1 is 1.06 bits per heavy atom.